The second-order valence-electron chi connectivity index (χ2n) is 5.89. The highest BCUT2D eigenvalue weighted by Gasteiger charge is 2.33. The summed E-state index contributed by atoms with van der Waals surface area (Å²) in [5, 5.41) is 0. The van der Waals surface area contributed by atoms with Crippen LogP contribution in [0.2, 0.25) is 0 Å². The van der Waals surface area contributed by atoms with E-state index in [1.54, 1.807) is 0 Å². The quantitative estimate of drug-likeness (QED) is 0.427. The molecule has 1 rings (SSSR count). The summed E-state index contributed by atoms with van der Waals surface area (Å²) in [5.41, 5.74) is 1.85. The molecule has 16 heavy (non-hydrogen) atoms. The lowest BCUT2D eigenvalue weighted by Crippen LogP contribution is -2.46. The number of hydrogen-bond donors (Lipinski definition) is 2. The summed E-state index contributed by atoms with van der Waals surface area (Å²) in [4.78, 5) is 13.9. The zero-order valence-electron chi connectivity index (χ0n) is 10.9. The highest BCUT2D eigenvalue weighted by molar-refractivity contribution is 5.81. The first-order valence-electron chi connectivity index (χ1n) is 6.10. The van der Waals surface area contributed by atoms with E-state index < -0.39 is 5.41 Å². The lowest BCUT2D eigenvalue weighted by molar-refractivity contribution is -0.130. The number of amides is 1. The van der Waals surface area contributed by atoms with Crippen molar-refractivity contribution in [3.05, 3.63) is 0 Å². The second kappa shape index (κ2) is 5.15. The van der Waals surface area contributed by atoms with Crippen LogP contribution in [-0.4, -0.2) is 30.4 Å². The van der Waals surface area contributed by atoms with E-state index in [1.165, 1.54) is 6.42 Å². The third-order valence-corrected chi connectivity index (χ3v) is 3.62. The normalized spacial score (nSPS) is 22.8. The Bertz CT molecular complexity index is 251. The number of carbonyl (C=O) groups excluding carboxylic acids is 1. The average Bonchev–Trinajstić information content (AvgIpc) is 2.64. The fourth-order valence-corrected chi connectivity index (χ4v) is 2.38. The van der Waals surface area contributed by atoms with Crippen molar-refractivity contribution in [3.8, 4) is 0 Å². The monoisotopic (exact) mass is 227 g/mol. The van der Waals surface area contributed by atoms with Crippen molar-refractivity contribution in [2.75, 3.05) is 19.6 Å². The Labute approximate surface area is 98.5 Å². The van der Waals surface area contributed by atoms with E-state index >= 15 is 0 Å². The van der Waals surface area contributed by atoms with Crippen LogP contribution in [0.15, 0.2) is 0 Å². The molecule has 0 aromatic rings. The molecule has 3 N–H and O–H groups in total. The summed E-state index contributed by atoms with van der Waals surface area (Å²) in [7, 11) is 0. The highest BCUT2D eigenvalue weighted by atomic mass is 16.2. The number of carbonyl (C=O) groups is 1. The Morgan fingerprint density at radius 1 is 1.56 bits per heavy atom. The molecule has 0 radical (unpaired) electrons. The number of hydrogen-bond acceptors (Lipinski definition) is 3. The molecule has 1 aliphatic heterocycles. The van der Waals surface area contributed by atoms with Gasteiger partial charge in [0.15, 0.2) is 0 Å². The predicted molar refractivity (Wildman–Crippen MR) is 65.5 cm³/mol. The molecule has 1 unspecified atom stereocenters. The molecule has 1 amide bonds. The van der Waals surface area contributed by atoms with Crippen molar-refractivity contribution in [1.82, 2.24) is 10.3 Å². The van der Waals surface area contributed by atoms with Crippen LogP contribution in [-0.2, 0) is 4.79 Å². The van der Waals surface area contributed by atoms with Gasteiger partial charge in [-0.15, -0.1) is 0 Å². The third kappa shape index (κ3) is 3.19. The standard InChI is InChI=1S/C12H25N3O/c1-9(2)10-5-6-15(7-10)8-12(3,4)11(16)14-13/h9-10H,5-8,13H2,1-4H3,(H,14,16). The van der Waals surface area contributed by atoms with Crippen molar-refractivity contribution < 1.29 is 4.79 Å². The minimum absolute atomic E-state index is 0.0829. The van der Waals surface area contributed by atoms with Gasteiger partial charge in [-0.1, -0.05) is 13.8 Å². The summed E-state index contributed by atoms with van der Waals surface area (Å²) in [5.74, 6) is 6.61. The lowest BCUT2D eigenvalue weighted by atomic mass is 9.91. The molecule has 1 saturated heterocycles. The van der Waals surface area contributed by atoms with E-state index in [2.05, 4.69) is 24.2 Å². The molecule has 1 aliphatic rings. The van der Waals surface area contributed by atoms with Gasteiger partial charge in [0, 0.05) is 13.1 Å². The first-order valence-corrected chi connectivity index (χ1v) is 6.10. The number of hydrazine groups is 1. The van der Waals surface area contributed by atoms with Crippen LogP contribution in [0.3, 0.4) is 0 Å². The SMILES string of the molecule is CC(C)C1CCN(CC(C)(C)C(=O)NN)C1. The molecule has 1 atom stereocenters. The molecule has 4 nitrogen and oxygen atoms in total. The molecule has 0 bridgehead atoms. The Kier molecular flexibility index (Phi) is 4.33. The van der Waals surface area contributed by atoms with Gasteiger partial charge in [0.2, 0.25) is 5.91 Å². The second-order valence-corrected chi connectivity index (χ2v) is 5.89. The van der Waals surface area contributed by atoms with Crippen LogP contribution in [0.1, 0.15) is 34.1 Å². The summed E-state index contributed by atoms with van der Waals surface area (Å²) in [6, 6.07) is 0. The minimum atomic E-state index is -0.402. The number of likely N-dealkylation sites (tertiary alicyclic amines) is 1. The van der Waals surface area contributed by atoms with E-state index in [9.17, 15) is 4.79 Å². The van der Waals surface area contributed by atoms with Gasteiger partial charge < -0.3 is 4.90 Å². The fourth-order valence-electron chi connectivity index (χ4n) is 2.38. The van der Waals surface area contributed by atoms with Crippen molar-refractivity contribution in [3.63, 3.8) is 0 Å². The van der Waals surface area contributed by atoms with Gasteiger partial charge in [-0.05, 0) is 38.6 Å². The smallest absolute Gasteiger partial charge is 0.240 e. The molecule has 1 fully saturated rings. The van der Waals surface area contributed by atoms with Gasteiger partial charge in [0.1, 0.15) is 0 Å². The van der Waals surface area contributed by atoms with Crippen molar-refractivity contribution in [2.24, 2.45) is 23.1 Å². The van der Waals surface area contributed by atoms with Gasteiger partial charge in [-0.2, -0.15) is 0 Å². The van der Waals surface area contributed by atoms with E-state index in [1.807, 2.05) is 13.8 Å². The lowest BCUT2D eigenvalue weighted by Gasteiger charge is -2.28. The van der Waals surface area contributed by atoms with Gasteiger partial charge in [-0.25, -0.2) is 5.84 Å². The van der Waals surface area contributed by atoms with Crippen LogP contribution < -0.4 is 11.3 Å². The summed E-state index contributed by atoms with van der Waals surface area (Å²) in [6.45, 7) is 11.4. The molecule has 94 valence electrons. The molecule has 0 aromatic carbocycles. The van der Waals surface area contributed by atoms with E-state index in [0.29, 0.717) is 0 Å². The molecule has 4 heteroatoms. The Hall–Kier alpha value is -0.610. The highest BCUT2D eigenvalue weighted by Crippen LogP contribution is 2.27. The molecular weight excluding hydrogens is 202 g/mol. The van der Waals surface area contributed by atoms with Gasteiger partial charge in [0.05, 0.1) is 5.41 Å². The Balaban J connectivity index is 2.47. The molecule has 0 spiro atoms. The number of nitrogens with zero attached hydrogens (tertiary/aromatic N) is 1. The maximum absolute atomic E-state index is 11.6. The van der Waals surface area contributed by atoms with Crippen molar-refractivity contribution >= 4 is 5.91 Å². The third-order valence-electron chi connectivity index (χ3n) is 3.62. The minimum Gasteiger partial charge on any atom is -0.302 e. The van der Waals surface area contributed by atoms with Gasteiger partial charge >= 0.3 is 0 Å². The number of rotatable bonds is 4. The first kappa shape index (κ1) is 13.5. The van der Waals surface area contributed by atoms with Gasteiger partial charge in [0.25, 0.3) is 0 Å². The van der Waals surface area contributed by atoms with E-state index in [4.69, 9.17) is 5.84 Å². The van der Waals surface area contributed by atoms with Crippen LogP contribution in [0, 0.1) is 17.3 Å². The topological polar surface area (TPSA) is 58.4 Å². The number of nitrogens with one attached hydrogen (secondary N) is 1. The van der Waals surface area contributed by atoms with Gasteiger partial charge in [-0.3, -0.25) is 10.2 Å². The summed E-state index contributed by atoms with van der Waals surface area (Å²) >= 11 is 0. The molecule has 0 saturated carbocycles. The summed E-state index contributed by atoms with van der Waals surface area (Å²) < 4.78 is 0. The van der Waals surface area contributed by atoms with E-state index in [-0.39, 0.29) is 5.91 Å². The Morgan fingerprint density at radius 2 is 2.19 bits per heavy atom. The maximum Gasteiger partial charge on any atom is 0.240 e. The fraction of sp³-hybridized carbons (Fsp3) is 0.917. The van der Waals surface area contributed by atoms with Crippen LogP contribution in [0.4, 0.5) is 0 Å². The summed E-state index contributed by atoms with van der Waals surface area (Å²) in [6.07, 6.45) is 1.25. The molecule has 1 heterocycles. The molecule has 0 aromatic heterocycles. The first-order chi connectivity index (χ1) is 7.36. The van der Waals surface area contributed by atoms with Crippen molar-refractivity contribution in [1.29, 1.82) is 0 Å². The Morgan fingerprint density at radius 3 is 2.62 bits per heavy atom. The number of nitrogens with two attached hydrogens (primary N) is 1. The van der Waals surface area contributed by atoms with Crippen LogP contribution >= 0.6 is 0 Å². The van der Waals surface area contributed by atoms with Crippen molar-refractivity contribution in [2.45, 2.75) is 34.1 Å². The predicted octanol–water partition coefficient (Wildman–Crippen LogP) is 0.980. The average molecular weight is 227 g/mol. The van der Waals surface area contributed by atoms with Crippen LogP contribution in [0.5, 0.6) is 0 Å². The van der Waals surface area contributed by atoms with E-state index in [0.717, 1.165) is 31.5 Å². The zero-order chi connectivity index (χ0) is 12.3. The largest absolute Gasteiger partial charge is 0.302 e. The molecule has 0 aliphatic carbocycles. The maximum atomic E-state index is 11.6. The van der Waals surface area contributed by atoms with Crippen LogP contribution in [0.25, 0.3) is 0 Å². The molecular formula is C12H25N3O. The zero-order valence-corrected chi connectivity index (χ0v) is 10.9.